The van der Waals surface area contributed by atoms with Crippen LogP contribution in [0.25, 0.3) is 10.8 Å². The number of hydrogen-bond donors (Lipinski definition) is 1. The van der Waals surface area contributed by atoms with Crippen LogP contribution in [-0.2, 0) is 6.42 Å². The van der Waals surface area contributed by atoms with E-state index in [-0.39, 0.29) is 0 Å². The van der Waals surface area contributed by atoms with Crippen molar-refractivity contribution >= 4 is 10.8 Å². The number of rotatable bonds is 3. The summed E-state index contributed by atoms with van der Waals surface area (Å²) in [7, 11) is 1.70. The third-order valence-electron chi connectivity index (χ3n) is 3.91. The van der Waals surface area contributed by atoms with Crippen LogP contribution in [0.5, 0.6) is 5.75 Å². The molecule has 0 radical (unpaired) electrons. The maximum Gasteiger partial charge on any atom is 0.119 e. The average molecular weight is 241 g/mol. The minimum absolute atomic E-state index is 0.444. The molecule has 1 saturated carbocycles. The van der Waals surface area contributed by atoms with Gasteiger partial charge in [0.1, 0.15) is 5.75 Å². The van der Waals surface area contributed by atoms with Gasteiger partial charge in [-0.25, -0.2) is 0 Å². The van der Waals surface area contributed by atoms with Crippen molar-refractivity contribution in [2.75, 3.05) is 7.11 Å². The van der Waals surface area contributed by atoms with E-state index in [9.17, 15) is 0 Å². The van der Waals surface area contributed by atoms with Gasteiger partial charge >= 0.3 is 0 Å². The van der Waals surface area contributed by atoms with Crippen molar-refractivity contribution in [3.8, 4) is 5.75 Å². The van der Waals surface area contributed by atoms with Gasteiger partial charge in [0, 0.05) is 6.04 Å². The van der Waals surface area contributed by atoms with Gasteiger partial charge in [-0.15, -0.1) is 0 Å². The van der Waals surface area contributed by atoms with Crippen LogP contribution < -0.4 is 10.5 Å². The Morgan fingerprint density at radius 3 is 2.56 bits per heavy atom. The van der Waals surface area contributed by atoms with Crippen molar-refractivity contribution in [2.24, 2.45) is 11.7 Å². The average Bonchev–Trinajstić information content (AvgIpc) is 2.36. The quantitative estimate of drug-likeness (QED) is 0.896. The van der Waals surface area contributed by atoms with Crippen molar-refractivity contribution in [1.29, 1.82) is 0 Å². The highest BCUT2D eigenvalue weighted by atomic mass is 16.5. The Morgan fingerprint density at radius 2 is 1.83 bits per heavy atom. The topological polar surface area (TPSA) is 35.2 Å². The second-order valence-corrected chi connectivity index (χ2v) is 5.35. The Balaban J connectivity index is 1.82. The molecule has 0 amide bonds. The number of hydrogen-bond acceptors (Lipinski definition) is 2. The first-order valence-electron chi connectivity index (χ1n) is 6.57. The molecule has 1 aliphatic carbocycles. The third-order valence-corrected chi connectivity index (χ3v) is 3.91. The molecule has 94 valence electrons. The van der Waals surface area contributed by atoms with E-state index in [1.165, 1.54) is 29.2 Å². The van der Waals surface area contributed by atoms with E-state index < -0.39 is 0 Å². The fourth-order valence-corrected chi connectivity index (χ4v) is 2.81. The van der Waals surface area contributed by atoms with Crippen LogP contribution in [0.1, 0.15) is 18.4 Å². The zero-order valence-electron chi connectivity index (χ0n) is 10.7. The Morgan fingerprint density at radius 1 is 1.11 bits per heavy atom. The zero-order valence-corrected chi connectivity index (χ0v) is 10.7. The van der Waals surface area contributed by atoms with Crippen LogP contribution in [-0.4, -0.2) is 13.2 Å². The van der Waals surface area contributed by atoms with Gasteiger partial charge in [-0.3, -0.25) is 0 Å². The molecule has 0 unspecified atom stereocenters. The molecule has 1 aliphatic rings. The van der Waals surface area contributed by atoms with Gasteiger partial charge in [0.25, 0.3) is 0 Å². The minimum atomic E-state index is 0.444. The van der Waals surface area contributed by atoms with Gasteiger partial charge in [0.05, 0.1) is 7.11 Å². The standard InChI is InChI=1S/C16H19NO/c1-18-16-5-4-13-7-11(2-3-14(13)10-16)6-12-8-15(17)9-12/h2-5,7,10,12,15H,6,8-9,17H2,1H3. The molecule has 2 heteroatoms. The maximum atomic E-state index is 5.83. The van der Waals surface area contributed by atoms with Crippen LogP contribution in [0.3, 0.4) is 0 Å². The first-order valence-corrected chi connectivity index (χ1v) is 6.57. The van der Waals surface area contributed by atoms with E-state index in [1.807, 2.05) is 6.07 Å². The predicted molar refractivity (Wildman–Crippen MR) is 74.9 cm³/mol. The van der Waals surface area contributed by atoms with Gasteiger partial charge in [-0.05, 0) is 53.6 Å². The molecule has 0 heterocycles. The molecule has 0 spiro atoms. The van der Waals surface area contributed by atoms with Crippen molar-refractivity contribution in [1.82, 2.24) is 0 Å². The molecular weight excluding hydrogens is 222 g/mol. The lowest BCUT2D eigenvalue weighted by atomic mass is 9.77. The van der Waals surface area contributed by atoms with E-state index in [4.69, 9.17) is 10.5 Å². The predicted octanol–water partition coefficient (Wildman–Crippen LogP) is 3.13. The van der Waals surface area contributed by atoms with E-state index in [0.717, 1.165) is 18.1 Å². The van der Waals surface area contributed by atoms with Crippen LogP contribution >= 0.6 is 0 Å². The van der Waals surface area contributed by atoms with Crippen LogP contribution in [0.15, 0.2) is 36.4 Å². The van der Waals surface area contributed by atoms with Crippen molar-refractivity contribution < 1.29 is 4.74 Å². The lowest BCUT2D eigenvalue weighted by Gasteiger charge is -2.32. The minimum Gasteiger partial charge on any atom is -0.497 e. The number of benzene rings is 2. The Hall–Kier alpha value is -1.54. The summed E-state index contributed by atoms with van der Waals surface area (Å²) in [5.74, 6) is 1.70. The molecule has 3 rings (SSSR count). The summed E-state index contributed by atoms with van der Waals surface area (Å²) in [5, 5.41) is 2.53. The van der Waals surface area contributed by atoms with Gasteiger partial charge in [-0.1, -0.05) is 24.3 Å². The lowest BCUT2D eigenvalue weighted by molar-refractivity contribution is 0.264. The van der Waals surface area contributed by atoms with E-state index in [1.54, 1.807) is 7.11 Å². The Bertz CT molecular complexity index is 558. The second kappa shape index (κ2) is 4.62. The Kier molecular flexibility index (Phi) is 2.96. The molecule has 2 aromatic rings. The van der Waals surface area contributed by atoms with Crippen LogP contribution in [0.2, 0.25) is 0 Å². The largest absolute Gasteiger partial charge is 0.497 e. The van der Waals surface area contributed by atoms with Crippen molar-refractivity contribution in [3.63, 3.8) is 0 Å². The fourth-order valence-electron chi connectivity index (χ4n) is 2.81. The lowest BCUT2D eigenvalue weighted by Crippen LogP contribution is -2.37. The summed E-state index contributed by atoms with van der Waals surface area (Å²) in [6, 6.07) is 13.4. The molecule has 18 heavy (non-hydrogen) atoms. The molecule has 0 atom stereocenters. The second-order valence-electron chi connectivity index (χ2n) is 5.35. The summed E-state index contributed by atoms with van der Waals surface area (Å²) < 4.78 is 5.24. The van der Waals surface area contributed by atoms with Crippen molar-refractivity contribution in [3.05, 3.63) is 42.0 Å². The summed E-state index contributed by atoms with van der Waals surface area (Å²) >= 11 is 0. The zero-order chi connectivity index (χ0) is 12.5. The maximum absolute atomic E-state index is 5.83. The molecule has 0 saturated heterocycles. The SMILES string of the molecule is COc1ccc2cc(CC3CC(N)C3)ccc2c1. The number of methoxy groups -OCH3 is 1. The smallest absolute Gasteiger partial charge is 0.119 e. The van der Waals surface area contributed by atoms with Crippen LogP contribution in [0.4, 0.5) is 0 Å². The summed E-state index contributed by atoms with van der Waals surface area (Å²) in [4.78, 5) is 0. The van der Waals surface area contributed by atoms with E-state index >= 15 is 0 Å². The number of ether oxygens (including phenoxy) is 1. The van der Waals surface area contributed by atoms with Crippen molar-refractivity contribution in [2.45, 2.75) is 25.3 Å². The number of fused-ring (bicyclic) bond motifs is 1. The van der Waals surface area contributed by atoms with Crippen LogP contribution in [0, 0.1) is 5.92 Å². The molecule has 2 N–H and O–H groups in total. The fraction of sp³-hybridized carbons (Fsp3) is 0.375. The summed E-state index contributed by atoms with van der Waals surface area (Å²) in [5.41, 5.74) is 7.25. The molecular formula is C16H19NO. The first kappa shape index (κ1) is 11.5. The number of nitrogens with two attached hydrogens (primary N) is 1. The normalized spacial score (nSPS) is 22.8. The molecule has 0 aromatic heterocycles. The monoisotopic (exact) mass is 241 g/mol. The van der Waals surface area contributed by atoms with Gasteiger partial charge in [0.15, 0.2) is 0 Å². The molecule has 0 aliphatic heterocycles. The third kappa shape index (κ3) is 2.21. The summed E-state index contributed by atoms with van der Waals surface area (Å²) in [6.45, 7) is 0. The van der Waals surface area contributed by atoms with E-state index in [0.29, 0.717) is 6.04 Å². The molecule has 2 aromatic carbocycles. The Labute approximate surface area is 108 Å². The first-order chi connectivity index (χ1) is 8.74. The van der Waals surface area contributed by atoms with Gasteiger partial charge in [0.2, 0.25) is 0 Å². The van der Waals surface area contributed by atoms with Gasteiger partial charge in [-0.2, -0.15) is 0 Å². The molecule has 0 bridgehead atoms. The summed E-state index contributed by atoms with van der Waals surface area (Å²) in [6.07, 6.45) is 3.52. The highest BCUT2D eigenvalue weighted by Crippen LogP contribution is 2.30. The van der Waals surface area contributed by atoms with E-state index in [2.05, 4.69) is 30.3 Å². The molecule has 1 fully saturated rings. The highest BCUT2D eigenvalue weighted by molar-refractivity contribution is 5.84. The highest BCUT2D eigenvalue weighted by Gasteiger charge is 2.25. The molecule has 2 nitrogen and oxygen atoms in total. The van der Waals surface area contributed by atoms with Gasteiger partial charge < -0.3 is 10.5 Å².